The van der Waals surface area contributed by atoms with Gasteiger partial charge in [-0.15, -0.1) is 12.6 Å². The van der Waals surface area contributed by atoms with Gasteiger partial charge in [-0.1, -0.05) is 0 Å². The minimum atomic E-state index is -0.695. The van der Waals surface area contributed by atoms with Gasteiger partial charge in [0, 0.05) is 25.2 Å². The molecule has 0 aromatic heterocycles. The van der Waals surface area contributed by atoms with Crippen molar-refractivity contribution in [1.82, 2.24) is 10.2 Å². The van der Waals surface area contributed by atoms with Gasteiger partial charge in [-0.3, -0.25) is 28.9 Å². The second kappa shape index (κ2) is 12.2. The number of ether oxygens (including phenoxy) is 3. The van der Waals surface area contributed by atoms with Crippen LogP contribution in [0, 0.1) is 0 Å². The van der Waals surface area contributed by atoms with Crippen LogP contribution in [-0.2, 0) is 38.2 Å². The molecule has 0 aromatic carbocycles. The zero-order valence-electron chi connectivity index (χ0n) is 14.0. The predicted octanol–water partition coefficient (Wildman–Crippen LogP) is -1.55. The fraction of sp³-hybridized carbons (Fsp3) is 0.533. The summed E-state index contributed by atoms with van der Waals surface area (Å²) in [5, 5.41) is 2.11. The van der Waals surface area contributed by atoms with Crippen LogP contribution in [0.3, 0.4) is 0 Å². The van der Waals surface area contributed by atoms with Gasteiger partial charge < -0.3 is 19.5 Å². The Kier molecular flexibility index (Phi) is 10.2. The van der Waals surface area contributed by atoms with E-state index in [0.29, 0.717) is 0 Å². The molecule has 0 bridgehead atoms. The first-order valence-corrected chi connectivity index (χ1v) is 8.18. The average molecular weight is 388 g/mol. The molecule has 1 aliphatic heterocycles. The smallest absolute Gasteiger partial charge is 0.308 e. The zero-order valence-corrected chi connectivity index (χ0v) is 14.9. The Morgan fingerprint density at radius 2 is 1.65 bits per heavy atom. The molecule has 0 radical (unpaired) electrons. The summed E-state index contributed by atoms with van der Waals surface area (Å²) >= 11 is 3.53. The van der Waals surface area contributed by atoms with Crippen molar-refractivity contribution in [2.45, 2.75) is 6.42 Å². The Bertz CT molecular complexity index is 560. The van der Waals surface area contributed by atoms with E-state index in [4.69, 9.17) is 14.2 Å². The SMILES string of the molecule is O=C(S)COCCOCCNC(=O)COC(=O)CCN1C(=O)C=CC1=O. The Labute approximate surface area is 155 Å². The molecule has 144 valence electrons. The average Bonchev–Trinajstić information content (AvgIpc) is 2.91. The van der Waals surface area contributed by atoms with Crippen LogP contribution < -0.4 is 5.32 Å². The van der Waals surface area contributed by atoms with Gasteiger partial charge in [-0.05, 0) is 0 Å². The zero-order chi connectivity index (χ0) is 19.4. The van der Waals surface area contributed by atoms with Crippen molar-refractivity contribution in [3.8, 4) is 0 Å². The molecule has 1 rings (SSSR count). The number of carbonyl (C=O) groups is 5. The maximum Gasteiger partial charge on any atom is 0.308 e. The van der Waals surface area contributed by atoms with Crippen molar-refractivity contribution >= 4 is 41.4 Å². The van der Waals surface area contributed by atoms with Gasteiger partial charge in [0.15, 0.2) is 6.61 Å². The van der Waals surface area contributed by atoms with E-state index < -0.39 is 30.3 Å². The Hall–Kier alpha value is -2.24. The van der Waals surface area contributed by atoms with E-state index in [-0.39, 0.29) is 51.1 Å². The number of thiol groups is 1. The predicted molar refractivity (Wildman–Crippen MR) is 90.1 cm³/mol. The lowest BCUT2D eigenvalue weighted by Crippen LogP contribution is -2.34. The van der Waals surface area contributed by atoms with Gasteiger partial charge in [0.2, 0.25) is 5.12 Å². The summed E-state index contributed by atoms with van der Waals surface area (Å²) in [6, 6.07) is 0. The number of carbonyl (C=O) groups excluding carboxylic acids is 5. The molecular weight excluding hydrogens is 368 g/mol. The summed E-state index contributed by atoms with van der Waals surface area (Å²) in [6.07, 6.45) is 2.05. The van der Waals surface area contributed by atoms with Crippen LogP contribution in [0.15, 0.2) is 12.2 Å². The Morgan fingerprint density at radius 3 is 2.31 bits per heavy atom. The second-order valence-corrected chi connectivity index (χ2v) is 5.48. The maximum atomic E-state index is 11.5. The van der Waals surface area contributed by atoms with Crippen molar-refractivity contribution in [2.24, 2.45) is 0 Å². The summed E-state index contributed by atoms with van der Waals surface area (Å²) in [6.45, 7) is 0.273. The van der Waals surface area contributed by atoms with Gasteiger partial charge in [0.05, 0.1) is 26.2 Å². The highest BCUT2D eigenvalue weighted by Crippen LogP contribution is 2.04. The van der Waals surface area contributed by atoms with Crippen molar-refractivity contribution in [2.75, 3.05) is 46.1 Å². The van der Waals surface area contributed by atoms with Crippen LogP contribution in [0.2, 0.25) is 0 Å². The van der Waals surface area contributed by atoms with Crippen LogP contribution in [-0.4, -0.2) is 79.8 Å². The van der Waals surface area contributed by atoms with Gasteiger partial charge in [-0.25, -0.2) is 0 Å². The van der Waals surface area contributed by atoms with Crippen LogP contribution in [0.1, 0.15) is 6.42 Å². The second-order valence-electron chi connectivity index (χ2n) is 4.98. The molecule has 1 N–H and O–H groups in total. The molecule has 1 aliphatic rings. The summed E-state index contributed by atoms with van der Waals surface area (Å²) < 4.78 is 14.8. The standard InChI is InChI=1S/C15H20N2O8S/c18-11(16-4-6-23-7-8-24-10-15(22)26)9-25-14(21)3-5-17-12(19)1-2-13(17)20/h1-2H,3-10H2,(H,16,18)(H,22,26). The first-order chi connectivity index (χ1) is 12.4. The number of amides is 3. The molecule has 0 unspecified atom stereocenters. The molecule has 1 heterocycles. The van der Waals surface area contributed by atoms with E-state index in [9.17, 15) is 24.0 Å². The third kappa shape index (κ3) is 9.30. The molecule has 3 amide bonds. The molecule has 0 aromatic rings. The number of nitrogens with one attached hydrogen (secondary N) is 1. The number of rotatable bonds is 13. The molecule has 0 saturated heterocycles. The van der Waals surface area contributed by atoms with Crippen molar-refractivity contribution < 1.29 is 38.2 Å². The van der Waals surface area contributed by atoms with E-state index in [2.05, 4.69) is 17.9 Å². The highest BCUT2D eigenvalue weighted by Gasteiger charge is 2.23. The highest BCUT2D eigenvalue weighted by atomic mass is 32.1. The molecular formula is C15H20N2O8S. The van der Waals surface area contributed by atoms with Crippen molar-refractivity contribution in [1.29, 1.82) is 0 Å². The third-order valence-electron chi connectivity index (χ3n) is 2.97. The maximum absolute atomic E-state index is 11.5. The molecule has 11 heteroatoms. The lowest BCUT2D eigenvalue weighted by molar-refractivity contribution is -0.149. The number of imide groups is 1. The van der Waals surface area contributed by atoms with E-state index in [1.165, 1.54) is 0 Å². The Morgan fingerprint density at radius 1 is 1.00 bits per heavy atom. The van der Waals surface area contributed by atoms with Crippen LogP contribution >= 0.6 is 12.6 Å². The quantitative estimate of drug-likeness (QED) is 0.168. The molecule has 0 spiro atoms. The van der Waals surface area contributed by atoms with Gasteiger partial charge in [0.25, 0.3) is 17.7 Å². The van der Waals surface area contributed by atoms with Crippen molar-refractivity contribution in [3.05, 3.63) is 12.2 Å². The minimum absolute atomic E-state index is 0.0921. The normalized spacial score (nSPS) is 13.2. The topological polar surface area (TPSA) is 128 Å². The highest BCUT2D eigenvalue weighted by molar-refractivity contribution is 7.96. The van der Waals surface area contributed by atoms with E-state index in [1.54, 1.807) is 0 Å². The molecule has 0 atom stereocenters. The first-order valence-electron chi connectivity index (χ1n) is 7.73. The van der Waals surface area contributed by atoms with Gasteiger partial charge in [-0.2, -0.15) is 0 Å². The third-order valence-corrected chi connectivity index (χ3v) is 3.10. The summed E-state index contributed by atoms with van der Waals surface area (Å²) in [7, 11) is 0. The van der Waals surface area contributed by atoms with Crippen LogP contribution in [0.4, 0.5) is 0 Å². The number of esters is 1. The minimum Gasteiger partial charge on any atom is -0.456 e. The van der Waals surface area contributed by atoms with E-state index >= 15 is 0 Å². The van der Waals surface area contributed by atoms with E-state index in [0.717, 1.165) is 17.1 Å². The van der Waals surface area contributed by atoms with Crippen molar-refractivity contribution in [3.63, 3.8) is 0 Å². The largest absolute Gasteiger partial charge is 0.456 e. The Balaban J connectivity index is 1.99. The van der Waals surface area contributed by atoms with Crippen LogP contribution in [0.5, 0.6) is 0 Å². The summed E-state index contributed by atoms with van der Waals surface area (Å²) in [5.74, 6) is -2.17. The molecule has 0 fully saturated rings. The number of nitrogens with zero attached hydrogens (tertiary/aromatic N) is 1. The molecule has 10 nitrogen and oxygen atoms in total. The fourth-order valence-corrected chi connectivity index (χ4v) is 1.86. The lowest BCUT2D eigenvalue weighted by atomic mass is 10.4. The molecule has 0 saturated carbocycles. The van der Waals surface area contributed by atoms with E-state index in [1.807, 2.05) is 0 Å². The number of hydrogen-bond acceptors (Lipinski definition) is 8. The van der Waals surface area contributed by atoms with Gasteiger partial charge >= 0.3 is 5.97 Å². The first kappa shape index (κ1) is 21.8. The van der Waals surface area contributed by atoms with Crippen LogP contribution in [0.25, 0.3) is 0 Å². The monoisotopic (exact) mass is 388 g/mol. The summed E-state index contributed by atoms with van der Waals surface area (Å²) in [4.78, 5) is 56.9. The molecule has 0 aliphatic carbocycles. The number of hydrogen-bond donors (Lipinski definition) is 2. The van der Waals surface area contributed by atoms with Gasteiger partial charge in [0.1, 0.15) is 6.61 Å². The fourth-order valence-electron chi connectivity index (χ4n) is 1.77. The molecule has 26 heavy (non-hydrogen) atoms. The lowest BCUT2D eigenvalue weighted by Gasteiger charge is -2.12. The summed E-state index contributed by atoms with van der Waals surface area (Å²) in [5.41, 5.74) is 0.